The van der Waals surface area contributed by atoms with Gasteiger partial charge < -0.3 is 9.64 Å². The first-order chi connectivity index (χ1) is 11.0. The summed E-state index contributed by atoms with van der Waals surface area (Å²) in [6.45, 7) is 5.98. The summed E-state index contributed by atoms with van der Waals surface area (Å²) in [6.07, 6.45) is 3.99. The molecule has 2 heterocycles. The average Bonchev–Trinajstić information content (AvgIpc) is 2.54. The van der Waals surface area contributed by atoms with E-state index >= 15 is 0 Å². The van der Waals surface area contributed by atoms with Crippen LogP contribution in [0.3, 0.4) is 0 Å². The maximum atomic E-state index is 12.9. The van der Waals surface area contributed by atoms with Gasteiger partial charge in [0.05, 0.1) is 25.0 Å². The van der Waals surface area contributed by atoms with E-state index in [9.17, 15) is 4.79 Å². The van der Waals surface area contributed by atoms with Crippen LogP contribution in [0.4, 0.5) is 0 Å². The fraction of sp³-hybridized carbons (Fsp3) is 0.389. The Morgan fingerprint density at radius 3 is 2.70 bits per heavy atom. The van der Waals surface area contributed by atoms with Gasteiger partial charge in [-0.25, -0.2) is 4.98 Å². The second-order valence-electron chi connectivity index (χ2n) is 6.05. The van der Waals surface area contributed by atoms with Gasteiger partial charge in [-0.2, -0.15) is 0 Å². The van der Waals surface area contributed by atoms with E-state index in [1.54, 1.807) is 19.5 Å². The number of rotatable bonds is 2. The zero-order valence-electron chi connectivity index (χ0n) is 13.9. The number of benzene rings is 1. The third-order valence-electron chi connectivity index (χ3n) is 4.44. The summed E-state index contributed by atoms with van der Waals surface area (Å²) in [7, 11) is 1.67. The lowest BCUT2D eigenvalue weighted by atomic mass is 9.89. The van der Waals surface area contributed by atoms with E-state index in [0.717, 1.165) is 23.4 Å². The Morgan fingerprint density at radius 1 is 1.26 bits per heavy atom. The van der Waals surface area contributed by atoms with Gasteiger partial charge in [0.1, 0.15) is 11.4 Å². The smallest absolute Gasteiger partial charge is 0.274 e. The van der Waals surface area contributed by atoms with Crippen molar-refractivity contribution in [1.29, 1.82) is 0 Å². The quantitative estimate of drug-likeness (QED) is 0.855. The molecule has 0 saturated heterocycles. The highest BCUT2D eigenvalue weighted by molar-refractivity contribution is 5.92. The molecular weight excluding hydrogens is 290 g/mol. The van der Waals surface area contributed by atoms with Crippen LogP contribution in [0.25, 0.3) is 0 Å². The number of aryl methyl sites for hydroxylation is 1. The molecule has 5 nitrogen and oxygen atoms in total. The first-order valence-electron chi connectivity index (χ1n) is 7.79. The van der Waals surface area contributed by atoms with E-state index in [2.05, 4.69) is 29.9 Å². The minimum atomic E-state index is -0.0704. The van der Waals surface area contributed by atoms with Gasteiger partial charge in [0.25, 0.3) is 5.91 Å². The maximum Gasteiger partial charge on any atom is 0.274 e. The molecule has 2 atom stereocenters. The summed E-state index contributed by atoms with van der Waals surface area (Å²) in [5.41, 5.74) is 3.60. The predicted octanol–water partition coefficient (Wildman–Crippen LogP) is 2.94. The molecule has 0 saturated carbocycles. The second kappa shape index (κ2) is 5.99. The Bertz CT molecular complexity index is 728. The molecule has 0 radical (unpaired) electrons. The summed E-state index contributed by atoms with van der Waals surface area (Å²) in [4.78, 5) is 23.2. The molecule has 1 aliphatic rings. The molecule has 0 spiro atoms. The van der Waals surface area contributed by atoms with E-state index in [-0.39, 0.29) is 18.0 Å². The van der Waals surface area contributed by atoms with E-state index in [0.29, 0.717) is 5.69 Å². The van der Waals surface area contributed by atoms with Crippen molar-refractivity contribution in [2.45, 2.75) is 39.3 Å². The van der Waals surface area contributed by atoms with Crippen molar-refractivity contribution in [3.05, 3.63) is 53.1 Å². The number of nitrogens with zero attached hydrogens (tertiary/aromatic N) is 3. The van der Waals surface area contributed by atoms with Crippen LogP contribution in [0.15, 0.2) is 30.6 Å². The highest BCUT2D eigenvalue weighted by Crippen LogP contribution is 2.35. The molecule has 120 valence electrons. The number of carbonyl (C=O) groups excluding carboxylic acids is 1. The minimum Gasteiger partial charge on any atom is -0.497 e. The highest BCUT2D eigenvalue weighted by Gasteiger charge is 2.34. The fourth-order valence-electron chi connectivity index (χ4n) is 3.25. The number of amides is 1. The molecule has 3 rings (SSSR count). The van der Waals surface area contributed by atoms with Crippen LogP contribution in [-0.2, 0) is 6.42 Å². The van der Waals surface area contributed by atoms with Crippen molar-refractivity contribution in [1.82, 2.24) is 14.9 Å². The van der Waals surface area contributed by atoms with Crippen molar-refractivity contribution in [3.8, 4) is 5.75 Å². The molecule has 1 aromatic carbocycles. The van der Waals surface area contributed by atoms with Crippen LogP contribution < -0.4 is 4.74 Å². The molecule has 0 unspecified atom stereocenters. The largest absolute Gasteiger partial charge is 0.497 e. The van der Waals surface area contributed by atoms with E-state index < -0.39 is 0 Å². The number of fused-ring (bicyclic) bond motifs is 1. The average molecular weight is 311 g/mol. The van der Waals surface area contributed by atoms with Crippen LogP contribution in [-0.4, -0.2) is 33.9 Å². The fourth-order valence-corrected chi connectivity index (χ4v) is 3.25. The Balaban J connectivity index is 1.94. The molecule has 1 aromatic heterocycles. The van der Waals surface area contributed by atoms with Crippen molar-refractivity contribution < 1.29 is 9.53 Å². The summed E-state index contributed by atoms with van der Waals surface area (Å²) >= 11 is 0. The summed E-state index contributed by atoms with van der Waals surface area (Å²) < 4.78 is 5.31. The third-order valence-corrected chi connectivity index (χ3v) is 4.44. The van der Waals surface area contributed by atoms with Gasteiger partial charge in [-0.15, -0.1) is 0 Å². The van der Waals surface area contributed by atoms with Crippen LogP contribution in [0.5, 0.6) is 5.75 Å². The number of carbonyl (C=O) groups is 1. The topological polar surface area (TPSA) is 55.3 Å². The second-order valence-corrected chi connectivity index (χ2v) is 6.05. The third kappa shape index (κ3) is 2.79. The Hall–Kier alpha value is -2.43. The Morgan fingerprint density at radius 2 is 2.04 bits per heavy atom. The van der Waals surface area contributed by atoms with Gasteiger partial charge in [-0.3, -0.25) is 9.78 Å². The van der Waals surface area contributed by atoms with Crippen molar-refractivity contribution in [2.75, 3.05) is 7.11 Å². The van der Waals surface area contributed by atoms with E-state index in [1.807, 2.05) is 24.0 Å². The van der Waals surface area contributed by atoms with Crippen molar-refractivity contribution in [3.63, 3.8) is 0 Å². The number of hydrogen-bond donors (Lipinski definition) is 0. The van der Waals surface area contributed by atoms with Gasteiger partial charge in [0, 0.05) is 12.2 Å². The zero-order valence-corrected chi connectivity index (χ0v) is 13.9. The molecule has 0 fully saturated rings. The summed E-state index contributed by atoms with van der Waals surface area (Å²) in [5, 5.41) is 0. The van der Waals surface area contributed by atoms with Gasteiger partial charge in [-0.05, 0) is 50.5 Å². The minimum absolute atomic E-state index is 0.00439. The molecule has 0 aliphatic carbocycles. The molecule has 1 amide bonds. The molecular formula is C18H21N3O2. The lowest BCUT2D eigenvalue weighted by Crippen LogP contribution is -2.45. The number of ether oxygens (including phenoxy) is 1. The maximum absolute atomic E-state index is 12.9. The molecule has 0 N–H and O–H groups in total. The molecule has 23 heavy (non-hydrogen) atoms. The predicted molar refractivity (Wildman–Crippen MR) is 87.5 cm³/mol. The van der Waals surface area contributed by atoms with Gasteiger partial charge in [0.15, 0.2) is 0 Å². The summed E-state index contributed by atoms with van der Waals surface area (Å²) in [6, 6.07) is 6.15. The zero-order chi connectivity index (χ0) is 16.6. The Labute approximate surface area is 136 Å². The molecule has 2 aromatic rings. The standard InChI is InChI=1S/C18H21N3O2/c1-11-9-20-17(10-19-11)18(22)21-12(2)7-14-8-15(23-4)5-6-16(14)13(21)3/h5-6,8-10,12-13H,7H2,1-4H3/t12-,13-/m0/s1. The van der Waals surface area contributed by atoms with Gasteiger partial charge >= 0.3 is 0 Å². The van der Waals surface area contributed by atoms with Crippen molar-refractivity contribution in [2.24, 2.45) is 0 Å². The van der Waals surface area contributed by atoms with Gasteiger partial charge in [-0.1, -0.05) is 6.07 Å². The van der Waals surface area contributed by atoms with E-state index in [4.69, 9.17) is 4.74 Å². The lowest BCUT2D eigenvalue weighted by molar-refractivity contribution is 0.0573. The number of methoxy groups -OCH3 is 1. The SMILES string of the molecule is COc1ccc2c(c1)C[C@H](C)N(C(=O)c1cnc(C)cn1)[C@H]2C. The normalized spacial score (nSPS) is 20.1. The number of aromatic nitrogens is 2. The van der Waals surface area contributed by atoms with Gasteiger partial charge in [0.2, 0.25) is 0 Å². The molecule has 1 aliphatic heterocycles. The highest BCUT2D eigenvalue weighted by atomic mass is 16.5. The monoisotopic (exact) mass is 311 g/mol. The lowest BCUT2D eigenvalue weighted by Gasteiger charge is -2.40. The molecule has 0 bridgehead atoms. The van der Waals surface area contributed by atoms with E-state index in [1.165, 1.54) is 5.56 Å². The van der Waals surface area contributed by atoms with Crippen LogP contribution in [0, 0.1) is 6.92 Å². The molecule has 5 heteroatoms. The number of hydrogen-bond acceptors (Lipinski definition) is 4. The first-order valence-corrected chi connectivity index (χ1v) is 7.79. The van der Waals surface area contributed by atoms with Crippen LogP contribution in [0.1, 0.15) is 47.2 Å². The summed E-state index contributed by atoms with van der Waals surface area (Å²) in [5.74, 6) is 0.784. The Kier molecular flexibility index (Phi) is 4.03. The first kappa shape index (κ1) is 15.5. The van der Waals surface area contributed by atoms with Crippen LogP contribution in [0.2, 0.25) is 0 Å². The van der Waals surface area contributed by atoms with Crippen LogP contribution >= 0.6 is 0 Å². The van der Waals surface area contributed by atoms with Crippen molar-refractivity contribution >= 4 is 5.91 Å².